The highest BCUT2D eigenvalue weighted by molar-refractivity contribution is 6.31. The Labute approximate surface area is 126 Å². The van der Waals surface area contributed by atoms with Crippen LogP contribution in [0.5, 0.6) is 5.75 Å². The second-order valence-electron chi connectivity index (χ2n) is 4.37. The number of hydrogen-bond acceptors (Lipinski definition) is 5. The zero-order valence-corrected chi connectivity index (χ0v) is 12.3. The molecule has 0 amide bonds. The minimum atomic E-state index is -0.459. The maximum atomic E-state index is 10.8. The van der Waals surface area contributed by atoms with E-state index in [1.54, 1.807) is 25.2 Å². The first-order chi connectivity index (χ1) is 10.0. The van der Waals surface area contributed by atoms with Crippen LogP contribution < -0.4 is 10.1 Å². The van der Waals surface area contributed by atoms with Gasteiger partial charge in [-0.3, -0.25) is 10.1 Å². The zero-order valence-electron chi connectivity index (χ0n) is 11.6. The van der Waals surface area contributed by atoms with Crippen molar-refractivity contribution in [1.82, 2.24) is 4.98 Å². The lowest BCUT2D eigenvalue weighted by atomic mass is 10.2. The Kier molecular flexibility index (Phi) is 4.59. The van der Waals surface area contributed by atoms with Crippen LogP contribution in [0.15, 0.2) is 30.3 Å². The van der Waals surface area contributed by atoms with Crippen LogP contribution in [0, 0.1) is 17.0 Å². The summed E-state index contributed by atoms with van der Waals surface area (Å²) < 4.78 is 5.61. The quantitative estimate of drug-likeness (QED) is 0.675. The molecule has 0 fully saturated rings. The van der Waals surface area contributed by atoms with E-state index in [0.29, 0.717) is 22.3 Å². The molecule has 0 aliphatic rings. The number of aryl methyl sites for hydroxylation is 1. The molecule has 2 aromatic rings. The molecule has 21 heavy (non-hydrogen) atoms. The summed E-state index contributed by atoms with van der Waals surface area (Å²) in [6.07, 6.45) is 0. The van der Waals surface area contributed by atoms with Crippen molar-refractivity contribution in [3.63, 3.8) is 0 Å². The Balaban J connectivity index is 2.20. The lowest BCUT2D eigenvalue weighted by Gasteiger charge is -2.10. The second-order valence-corrected chi connectivity index (χ2v) is 4.78. The highest BCUT2D eigenvalue weighted by Crippen LogP contribution is 2.26. The van der Waals surface area contributed by atoms with Crippen LogP contribution in [0.3, 0.4) is 0 Å². The van der Waals surface area contributed by atoms with Gasteiger partial charge in [0.25, 0.3) is 5.69 Å². The van der Waals surface area contributed by atoms with Gasteiger partial charge in [-0.25, -0.2) is 4.98 Å². The number of nitrogens with one attached hydrogen (secondary N) is 1. The van der Waals surface area contributed by atoms with E-state index in [4.69, 9.17) is 16.3 Å². The van der Waals surface area contributed by atoms with Crippen molar-refractivity contribution >= 4 is 23.1 Å². The normalized spacial score (nSPS) is 10.2. The van der Waals surface area contributed by atoms with E-state index in [0.717, 1.165) is 5.56 Å². The molecule has 0 atom stereocenters. The van der Waals surface area contributed by atoms with Gasteiger partial charge in [-0.2, -0.15) is 0 Å². The Morgan fingerprint density at radius 3 is 2.81 bits per heavy atom. The Morgan fingerprint density at radius 2 is 2.14 bits per heavy atom. The number of nitrogens with zero attached hydrogens (tertiary/aromatic N) is 2. The molecule has 1 heterocycles. The average molecular weight is 308 g/mol. The van der Waals surface area contributed by atoms with Crippen molar-refractivity contribution in [2.24, 2.45) is 0 Å². The summed E-state index contributed by atoms with van der Waals surface area (Å²) in [5, 5.41) is 14.2. The standard InChI is InChI=1S/C14H14ClN3O3/c1-9-3-4-10(18(19)20)7-13(9)21-8-12-11(15)5-6-14(16-2)17-12/h3-7H,8H2,1-2H3,(H,16,17). The van der Waals surface area contributed by atoms with E-state index >= 15 is 0 Å². The van der Waals surface area contributed by atoms with Crippen LogP contribution in [0.4, 0.5) is 11.5 Å². The molecule has 1 aromatic carbocycles. The number of nitro benzene ring substituents is 1. The molecule has 0 saturated heterocycles. The summed E-state index contributed by atoms with van der Waals surface area (Å²) in [6, 6.07) is 7.95. The number of anilines is 1. The van der Waals surface area contributed by atoms with E-state index in [-0.39, 0.29) is 12.3 Å². The molecule has 1 aromatic heterocycles. The SMILES string of the molecule is CNc1ccc(Cl)c(COc2cc([N+](=O)[O-])ccc2C)n1. The molecule has 0 saturated carbocycles. The molecule has 0 aliphatic carbocycles. The number of rotatable bonds is 5. The summed E-state index contributed by atoms with van der Waals surface area (Å²) in [5.74, 6) is 1.12. The van der Waals surface area contributed by atoms with Crippen LogP contribution in [0.25, 0.3) is 0 Å². The number of halogens is 1. The molecular weight excluding hydrogens is 294 g/mol. The van der Waals surface area contributed by atoms with E-state index in [9.17, 15) is 10.1 Å². The number of benzene rings is 1. The van der Waals surface area contributed by atoms with Crippen molar-refractivity contribution in [2.75, 3.05) is 12.4 Å². The number of hydrogen-bond donors (Lipinski definition) is 1. The minimum absolute atomic E-state index is 0.0152. The predicted octanol–water partition coefficient (Wildman–Crippen LogP) is 3.57. The largest absolute Gasteiger partial charge is 0.487 e. The third-order valence-electron chi connectivity index (χ3n) is 2.92. The van der Waals surface area contributed by atoms with E-state index < -0.39 is 4.92 Å². The number of nitro groups is 1. The van der Waals surface area contributed by atoms with Crippen molar-refractivity contribution in [3.05, 3.63) is 56.7 Å². The highest BCUT2D eigenvalue weighted by atomic mass is 35.5. The topological polar surface area (TPSA) is 77.3 Å². The Hall–Kier alpha value is -2.34. The smallest absolute Gasteiger partial charge is 0.273 e. The Bertz CT molecular complexity index is 677. The molecular formula is C14H14ClN3O3. The maximum Gasteiger partial charge on any atom is 0.273 e. The lowest BCUT2D eigenvalue weighted by Crippen LogP contribution is -2.03. The van der Waals surface area contributed by atoms with Gasteiger partial charge >= 0.3 is 0 Å². The number of pyridine rings is 1. The number of non-ortho nitro benzene ring substituents is 1. The molecule has 0 spiro atoms. The maximum absolute atomic E-state index is 10.8. The molecule has 0 bridgehead atoms. The first kappa shape index (κ1) is 15.1. The molecule has 7 heteroatoms. The van der Waals surface area contributed by atoms with Gasteiger partial charge < -0.3 is 10.1 Å². The van der Waals surface area contributed by atoms with Crippen LogP contribution in [-0.2, 0) is 6.61 Å². The van der Waals surface area contributed by atoms with Crippen molar-refractivity contribution in [1.29, 1.82) is 0 Å². The molecule has 0 unspecified atom stereocenters. The summed E-state index contributed by atoms with van der Waals surface area (Å²) in [6.45, 7) is 1.95. The summed E-state index contributed by atoms with van der Waals surface area (Å²) in [7, 11) is 1.76. The summed E-state index contributed by atoms with van der Waals surface area (Å²) in [4.78, 5) is 14.6. The van der Waals surface area contributed by atoms with Crippen LogP contribution >= 0.6 is 11.6 Å². The van der Waals surface area contributed by atoms with Gasteiger partial charge in [0.15, 0.2) is 0 Å². The van der Waals surface area contributed by atoms with Gasteiger partial charge in [-0.15, -0.1) is 0 Å². The lowest BCUT2D eigenvalue weighted by molar-refractivity contribution is -0.385. The van der Waals surface area contributed by atoms with Gasteiger partial charge in [0.2, 0.25) is 0 Å². The molecule has 2 rings (SSSR count). The fraction of sp³-hybridized carbons (Fsp3) is 0.214. The van der Waals surface area contributed by atoms with E-state index in [1.165, 1.54) is 12.1 Å². The Morgan fingerprint density at radius 1 is 1.38 bits per heavy atom. The van der Waals surface area contributed by atoms with Crippen molar-refractivity contribution in [2.45, 2.75) is 13.5 Å². The van der Waals surface area contributed by atoms with Crippen LogP contribution in [0.1, 0.15) is 11.3 Å². The fourth-order valence-corrected chi connectivity index (χ4v) is 1.89. The van der Waals surface area contributed by atoms with Gasteiger partial charge in [-0.05, 0) is 30.7 Å². The third kappa shape index (κ3) is 3.61. The van der Waals surface area contributed by atoms with Gasteiger partial charge in [0, 0.05) is 13.1 Å². The van der Waals surface area contributed by atoms with E-state index in [2.05, 4.69) is 10.3 Å². The predicted molar refractivity (Wildman–Crippen MR) is 81.0 cm³/mol. The van der Waals surface area contributed by atoms with Crippen molar-refractivity contribution < 1.29 is 9.66 Å². The molecule has 110 valence electrons. The first-order valence-corrected chi connectivity index (χ1v) is 6.60. The summed E-state index contributed by atoms with van der Waals surface area (Å²) >= 11 is 6.06. The first-order valence-electron chi connectivity index (χ1n) is 6.22. The molecule has 0 aliphatic heterocycles. The number of aromatic nitrogens is 1. The van der Waals surface area contributed by atoms with Gasteiger partial charge in [0.1, 0.15) is 18.2 Å². The van der Waals surface area contributed by atoms with Crippen LogP contribution in [-0.4, -0.2) is 17.0 Å². The van der Waals surface area contributed by atoms with E-state index in [1.807, 2.05) is 6.92 Å². The fourth-order valence-electron chi connectivity index (χ4n) is 1.73. The average Bonchev–Trinajstić information content (AvgIpc) is 2.47. The zero-order chi connectivity index (χ0) is 15.4. The second kappa shape index (κ2) is 6.41. The molecule has 6 nitrogen and oxygen atoms in total. The minimum Gasteiger partial charge on any atom is -0.487 e. The molecule has 1 N–H and O–H groups in total. The van der Waals surface area contributed by atoms with Gasteiger partial charge in [0.05, 0.1) is 21.7 Å². The van der Waals surface area contributed by atoms with Crippen LogP contribution in [0.2, 0.25) is 5.02 Å². The van der Waals surface area contributed by atoms with Gasteiger partial charge in [-0.1, -0.05) is 11.6 Å². The molecule has 0 radical (unpaired) electrons. The number of ether oxygens (including phenoxy) is 1. The summed E-state index contributed by atoms with van der Waals surface area (Å²) in [5.41, 5.74) is 1.36. The monoisotopic (exact) mass is 307 g/mol. The third-order valence-corrected chi connectivity index (χ3v) is 3.27. The van der Waals surface area contributed by atoms with Crippen molar-refractivity contribution in [3.8, 4) is 5.75 Å². The highest BCUT2D eigenvalue weighted by Gasteiger charge is 2.11.